The van der Waals surface area contributed by atoms with Crippen molar-refractivity contribution >= 4 is 39.4 Å². The molecule has 4 N–H and O–H groups in total. The van der Waals surface area contributed by atoms with Crippen molar-refractivity contribution in [1.29, 1.82) is 0 Å². The van der Waals surface area contributed by atoms with E-state index in [1.54, 1.807) is 13.0 Å². The lowest BCUT2D eigenvalue weighted by molar-refractivity contribution is -0.137. The number of alkyl halides is 3. The summed E-state index contributed by atoms with van der Waals surface area (Å²) < 4.78 is 87.6. The number of carbonyl (C=O) groups excluding carboxylic acids is 1. The van der Waals surface area contributed by atoms with Crippen molar-refractivity contribution in [3.05, 3.63) is 70.9 Å². The third-order valence-electron chi connectivity index (χ3n) is 6.74. The number of hydrogen-bond donors (Lipinski definition) is 4. The first-order valence-corrected chi connectivity index (χ1v) is 15.3. The summed E-state index contributed by atoms with van der Waals surface area (Å²) in [5, 5.41) is 5.58. The number of rotatable bonds is 10. The fourth-order valence-electron chi connectivity index (χ4n) is 4.32. The van der Waals surface area contributed by atoms with E-state index in [4.69, 9.17) is 11.6 Å². The molecule has 238 valence electrons. The van der Waals surface area contributed by atoms with Gasteiger partial charge in [0.15, 0.2) is 5.82 Å². The van der Waals surface area contributed by atoms with Crippen LogP contribution in [0.3, 0.4) is 0 Å². The Labute approximate surface area is 259 Å². The molecule has 0 spiro atoms. The van der Waals surface area contributed by atoms with Crippen LogP contribution in [0.1, 0.15) is 37.1 Å². The van der Waals surface area contributed by atoms with Crippen LogP contribution in [0.5, 0.6) is 0 Å². The largest absolute Gasteiger partial charge is 0.453 e. The quantitative estimate of drug-likeness (QED) is 0.146. The average molecular weight is 668 g/mol. The molecule has 0 bridgehead atoms. The van der Waals surface area contributed by atoms with Crippen LogP contribution >= 0.6 is 11.6 Å². The van der Waals surface area contributed by atoms with E-state index in [1.807, 2.05) is 0 Å². The van der Waals surface area contributed by atoms with Crippen LogP contribution in [0.15, 0.2) is 53.6 Å². The van der Waals surface area contributed by atoms with Gasteiger partial charge in [-0.25, -0.2) is 32.6 Å². The van der Waals surface area contributed by atoms with E-state index in [-0.39, 0.29) is 40.7 Å². The average Bonchev–Trinajstić information content (AvgIpc) is 3.75. The van der Waals surface area contributed by atoms with E-state index in [9.17, 15) is 26.4 Å². The van der Waals surface area contributed by atoms with E-state index < -0.39 is 44.3 Å². The minimum absolute atomic E-state index is 0.0319. The standard InChI is InChI=1S/C28H26ClF4N7O4S/c1-14(36-27(41)44-2)13-35-26-34-10-9-20(37-26)24-23(38-25(39-24)15-3-4-15)19-11-17(29)12-21(22(19)30)40-45(42,43)18-7-5-16(6-8-18)28(31,32)33/h5-12,14-15,40H,3-4,13H2,1-2H3,(H,36,41)(H,38,39)(H,34,35,37). The number of hydrogen-bond acceptors (Lipinski definition) is 8. The molecule has 4 aromatic rings. The molecule has 11 nitrogen and oxygen atoms in total. The predicted octanol–water partition coefficient (Wildman–Crippen LogP) is 6.18. The maximum atomic E-state index is 16.1. The summed E-state index contributed by atoms with van der Waals surface area (Å²) in [7, 11) is -3.26. The smallest absolute Gasteiger partial charge is 0.416 e. The fourth-order valence-corrected chi connectivity index (χ4v) is 5.59. The number of ether oxygens (including phenoxy) is 1. The van der Waals surface area contributed by atoms with E-state index >= 15 is 4.39 Å². The zero-order chi connectivity index (χ0) is 32.5. The van der Waals surface area contributed by atoms with Gasteiger partial charge in [0, 0.05) is 35.3 Å². The molecule has 1 amide bonds. The molecule has 1 aliphatic rings. The highest BCUT2D eigenvalue weighted by Gasteiger charge is 2.32. The molecule has 1 unspecified atom stereocenters. The summed E-state index contributed by atoms with van der Waals surface area (Å²) in [6.45, 7) is 2.00. The molecule has 2 heterocycles. The predicted molar refractivity (Wildman–Crippen MR) is 158 cm³/mol. The third-order valence-corrected chi connectivity index (χ3v) is 8.34. The fraction of sp³-hybridized carbons (Fsp3) is 0.286. The lowest BCUT2D eigenvalue weighted by atomic mass is 10.1. The van der Waals surface area contributed by atoms with Crippen molar-refractivity contribution in [2.75, 3.05) is 23.7 Å². The number of methoxy groups -OCH3 is 1. The van der Waals surface area contributed by atoms with Crippen LogP contribution in [-0.2, 0) is 20.9 Å². The normalized spacial score (nSPS) is 14.1. The molecule has 2 aromatic carbocycles. The van der Waals surface area contributed by atoms with Gasteiger partial charge in [0.05, 0.1) is 34.6 Å². The van der Waals surface area contributed by atoms with Crippen molar-refractivity contribution in [2.45, 2.75) is 42.8 Å². The Balaban J connectivity index is 1.47. The van der Waals surface area contributed by atoms with Gasteiger partial charge in [-0.2, -0.15) is 13.2 Å². The number of halogens is 5. The molecule has 1 fully saturated rings. The van der Waals surface area contributed by atoms with Crippen LogP contribution in [0.2, 0.25) is 5.02 Å². The van der Waals surface area contributed by atoms with Crippen molar-refractivity contribution < 1.29 is 35.5 Å². The topological polar surface area (TPSA) is 151 Å². The van der Waals surface area contributed by atoms with Crippen molar-refractivity contribution in [3.8, 4) is 22.6 Å². The zero-order valence-corrected chi connectivity index (χ0v) is 25.2. The van der Waals surface area contributed by atoms with Gasteiger partial charge >= 0.3 is 12.3 Å². The molecule has 0 aliphatic heterocycles. The van der Waals surface area contributed by atoms with Crippen LogP contribution in [0.25, 0.3) is 22.6 Å². The Morgan fingerprint density at radius 2 is 1.87 bits per heavy atom. The van der Waals surface area contributed by atoms with Gasteiger partial charge in [-0.1, -0.05) is 11.6 Å². The number of nitrogens with zero attached hydrogens (tertiary/aromatic N) is 3. The molecule has 1 aliphatic carbocycles. The number of benzene rings is 2. The monoisotopic (exact) mass is 667 g/mol. The number of anilines is 2. The molecule has 5 rings (SSSR count). The third kappa shape index (κ3) is 7.45. The molecule has 1 saturated carbocycles. The molecule has 1 atom stereocenters. The second-order valence-electron chi connectivity index (χ2n) is 10.2. The molecule has 45 heavy (non-hydrogen) atoms. The van der Waals surface area contributed by atoms with Crippen molar-refractivity contribution in [1.82, 2.24) is 25.3 Å². The lowest BCUT2D eigenvalue weighted by Crippen LogP contribution is -2.37. The number of imidazole rings is 1. The summed E-state index contributed by atoms with van der Waals surface area (Å²) in [6.07, 6.45) is -2.06. The number of aromatic amines is 1. The van der Waals surface area contributed by atoms with Gasteiger partial charge in [0.25, 0.3) is 10.0 Å². The Morgan fingerprint density at radius 1 is 1.16 bits per heavy atom. The summed E-state index contributed by atoms with van der Waals surface area (Å²) in [5.74, 6) is -0.117. The molecule has 0 saturated heterocycles. The number of alkyl carbamates (subject to hydrolysis) is 1. The molecule has 2 aromatic heterocycles. The van der Waals surface area contributed by atoms with Crippen molar-refractivity contribution in [3.63, 3.8) is 0 Å². The van der Waals surface area contributed by atoms with E-state index in [2.05, 4.69) is 40.0 Å². The highest BCUT2D eigenvalue weighted by Crippen LogP contribution is 2.43. The Kier molecular flexibility index (Phi) is 8.89. The number of amides is 1. The SMILES string of the molecule is COC(=O)NC(C)CNc1nccc(-c2[nH]c(C3CC3)nc2-c2cc(Cl)cc(NS(=O)(=O)c3ccc(C(F)(F)F)cc3)c2F)n1. The van der Waals surface area contributed by atoms with Crippen LogP contribution in [0, 0.1) is 5.82 Å². The molecule has 17 heteroatoms. The highest BCUT2D eigenvalue weighted by molar-refractivity contribution is 7.92. The molecular weight excluding hydrogens is 642 g/mol. The van der Waals surface area contributed by atoms with Gasteiger partial charge in [-0.3, -0.25) is 4.72 Å². The lowest BCUT2D eigenvalue weighted by Gasteiger charge is -2.14. The van der Waals surface area contributed by atoms with Crippen LogP contribution in [0.4, 0.5) is 34.0 Å². The second-order valence-corrected chi connectivity index (χ2v) is 12.4. The summed E-state index contributed by atoms with van der Waals surface area (Å²) in [4.78, 5) is 27.5. The van der Waals surface area contributed by atoms with Crippen LogP contribution in [-0.4, -0.2) is 54.1 Å². The number of carbonyl (C=O) groups is 1. The number of sulfonamides is 1. The van der Waals surface area contributed by atoms with E-state index in [0.717, 1.165) is 31.0 Å². The van der Waals surface area contributed by atoms with Gasteiger partial charge in [0.1, 0.15) is 11.5 Å². The first kappa shape index (κ1) is 32.0. The highest BCUT2D eigenvalue weighted by atomic mass is 35.5. The summed E-state index contributed by atoms with van der Waals surface area (Å²) >= 11 is 6.30. The van der Waals surface area contributed by atoms with Gasteiger partial charge in [0.2, 0.25) is 5.95 Å². The molecule has 0 radical (unpaired) electrons. The zero-order valence-electron chi connectivity index (χ0n) is 23.7. The number of nitrogens with one attached hydrogen (secondary N) is 4. The summed E-state index contributed by atoms with van der Waals surface area (Å²) in [5.41, 5.74) is -0.948. The van der Waals surface area contributed by atoms with Gasteiger partial charge < -0.3 is 20.4 Å². The van der Waals surface area contributed by atoms with Crippen LogP contribution < -0.4 is 15.4 Å². The maximum absolute atomic E-state index is 16.1. The van der Waals surface area contributed by atoms with Gasteiger partial charge in [-0.15, -0.1) is 0 Å². The second kappa shape index (κ2) is 12.5. The first-order valence-electron chi connectivity index (χ1n) is 13.5. The van der Waals surface area contributed by atoms with E-state index in [1.165, 1.54) is 19.4 Å². The van der Waals surface area contributed by atoms with E-state index in [0.29, 0.717) is 29.3 Å². The number of H-pyrrole nitrogens is 1. The minimum atomic E-state index is -4.66. The minimum Gasteiger partial charge on any atom is -0.453 e. The first-order chi connectivity index (χ1) is 21.2. The summed E-state index contributed by atoms with van der Waals surface area (Å²) in [6, 6.07) is 6.35. The Morgan fingerprint density at radius 3 is 2.51 bits per heavy atom. The van der Waals surface area contributed by atoms with Crippen molar-refractivity contribution in [2.24, 2.45) is 0 Å². The van der Waals surface area contributed by atoms with Gasteiger partial charge in [-0.05, 0) is 62.2 Å². The Hall–Kier alpha value is -4.44. The number of aromatic nitrogens is 4. The Bertz CT molecular complexity index is 1830. The maximum Gasteiger partial charge on any atom is 0.416 e. The molecular formula is C28H26ClF4N7O4S.